The average Bonchev–Trinajstić information content (AvgIpc) is 2.75. The van der Waals surface area contributed by atoms with E-state index >= 15 is 0 Å². The summed E-state index contributed by atoms with van der Waals surface area (Å²) in [4.78, 5) is 12.2. The number of aryl methyl sites for hydroxylation is 2. The van der Waals surface area contributed by atoms with Gasteiger partial charge in [-0.1, -0.05) is 50.1 Å². The van der Waals surface area contributed by atoms with Crippen molar-refractivity contribution in [2.24, 2.45) is 0 Å². The van der Waals surface area contributed by atoms with Crippen LogP contribution in [0.25, 0.3) is 0 Å². The van der Waals surface area contributed by atoms with Gasteiger partial charge in [0.05, 0.1) is 10.6 Å². The Labute approximate surface area is 174 Å². The largest absolute Gasteiger partial charge is 0.356 e. The molecule has 156 valence electrons. The van der Waals surface area contributed by atoms with Gasteiger partial charge in [-0.25, -0.2) is 8.42 Å². The molecule has 3 rings (SSSR count). The number of carbonyl (C=O) groups is 1. The van der Waals surface area contributed by atoms with Crippen LogP contribution in [0.5, 0.6) is 0 Å². The Morgan fingerprint density at radius 1 is 1.07 bits per heavy atom. The summed E-state index contributed by atoms with van der Waals surface area (Å²) in [5.74, 6) is 0.0442. The second kappa shape index (κ2) is 9.92. The van der Waals surface area contributed by atoms with Crippen LogP contribution in [0.4, 0.5) is 5.69 Å². The van der Waals surface area contributed by atoms with Crippen LogP contribution in [0.15, 0.2) is 53.4 Å². The van der Waals surface area contributed by atoms with E-state index in [1.165, 1.54) is 4.31 Å². The standard InChI is InChI=1S/C23H30N2O3S/c1-2-3-6-17-24-23(26)16-13-19-11-14-21(15-12-19)29(27,28)25-18-7-9-20-8-4-5-10-22(20)25/h4-5,8,10-12,14-15H,2-3,6-7,9,13,16-18H2,1H3,(H,24,26). The van der Waals surface area contributed by atoms with E-state index < -0.39 is 10.0 Å². The highest BCUT2D eigenvalue weighted by molar-refractivity contribution is 7.92. The number of nitrogens with zero attached hydrogens (tertiary/aromatic N) is 1. The normalized spacial score (nSPS) is 13.8. The maximum Gasteiger partial charge on any atom is 0.264 e. The van der Waals surface area contributed by atoms with Crippen molar-refractivity contribution in [3.05, 3.63) is 59.7 Å². The number of fused-ring (bicyclic) bond motifs is 1. The van der Waals surface area contributed by atoms with Crippen LogP contribution < -0.4 is 9.62 Å². The summed E-state index contributed by atoms with van der Waals surface area (Å²) in [5.41, 5.74) is 2.82. The fraction of sp³-hybridized carbons (Fsp3) is 0.435. The first kappa shape index (κ1) is 21.4. The predicted octanol–water partition coefficient (Wildman–Crippen LogP) is 4.07. The molecule has 29 heavy (non-hydrogen) atoms. The van der Waals surface area contributed by atoms with Gasteiger partial charge in [-0.2, -0.15) is 0 Å². The monoisotopic (exact) mass is 414 g/mol. The summed E-state index contributed by atoms with van der Waals surface area (Å²) < 4.78 is 27.8. The third-order valence-corrected chi connectivity index (χ3v) is 7.15. The van der Waals surface area contributed by atoms with Gasteiger partial charge in [0.2, 0.25) is 5.91 Å². The van der Waals surface area contributed by atoms with Crippen molar-refractivity contribution in [3.63, 3.8) is 0 Å². The number of nitrogens with one attached hydrogen (secondary N) is 1. The number of sulfonamides is 1. The summed E-state index contributed by atoms with van der Waals surface area (Å²) >= 11 is 0. The summed E-state index contributed by atoms with van der Waals surface area (Å²) in [6, 6.07) is 14.6. The fourth-order valence-corrected chi connectivity index (χ4v) is 5.19. The molecule has 0 spiro atoms. The molecule has 0 atom stereocenters. The van der Waals surface area contributed by atoms with Crippen LogP contribution in [0.1, 0.15) is 50.2 Å². The van der Waals surface area contributed by atoms with Crippen molar-refractivity contribution in [3.8, 4) is 0 Å². The zero-order valence-electron chi connectivity index (χ0n) is 17.1. The zero-order chi connectivity index (χ0) is 20.7. The van der Waals surface area contributed by atoms with Gasteiger partial charge < -0.3 is 5.32 Å². The lowest BCUT2D eigenvalue weighted by Crippen LogP contribution is -2.35. The number of hydrogen-bond acceptors (Lipinski definition) is 3. The second-order valence-corrected chi connectivity index (χ2v) is 9.37. The number of unbranched alkanes of at least 4 members (excludes halogenated alkanes) is 2. The Kier molecular flexibility index (Phi) is 7.31. The summed E-state index contributed by atoms with van der Waals surface area (Å²) in [5, 5.41) is 2.93. The van der Waals surface area contributed by atoms with E-state index in [1.54, 1.807) is 12.1 Å². The molecule has 6 heteroatoms. The molecule has 0 unspecified atom stereocenters. The minimum Gasteiger partial charge on any atom is -0.356 e. The molecule has 1 aliphatic rings. The van der Waals surface area contributed by atoms with Gasteiger partial charge in [-0.15, -0.1) is 0 Å². The maximum atomic E-state index is 13.2. The number of rotatable bonds is 9. The van der Waals surface area contributed by atoms with E-state index in [0.717, 1.165) is 55.5 Å². The first-order chi connectivity index (χ1) is 14.0. The van der Waals surface area contributed by atoms with Crippen LogP contribution in [-0.2, 0) is 27.7 Å². The number of para-hydroxylation sites is 1. The number of hydrogen-bond donors (Lipinski definition) is 1. The number of anilines is 1. The van der Waals surface area contributed by atoms with Crippen LogP contribution in [0.3, 0.4) is 0 Å². The van der Waals surface area contributed by atoms with E-state index in [-0.39, 0.29) is 5.91 Å². The molecular weight excluding hydrogens is 384 g/mol. The Morgan fingerprint density at radius 2 is 1.83 bits per heavy atom. The van der Waals surface area contributed by atoms with Gasteiger partial charge in [0.15, 0.2) is 0 Å². The number of carbonyl (C=O) groups excluding carboxylic acids is 1. The van der Waals surface area contributed by atoms with Crippen LogP contribution in [-0.4, -0.2) is 27.4 Å². The summed E-state index contributed by atoms with van der Waals surface area (Å²) in [6.07, 6.45) is 6.01. The van der Waals surface area contributed by atoms with Crippen LogP contribution >= 0.6 is 0 Å². The van der Waals surface area contributed by atoms with Crippen LogP contribution in [0, 0.1) is 0 Å². The zero-order valence-corrected chi connectivity index (χ0v) is 17.9. The number of amides is 1. The molecule has 0 aliphatic carbocycles. The Morgan fingerprint density at radius 3 is 2.59 bits per heavy atom. The van der Waals surface area contributed by atoms with Gasteiger partial charge in [0, 0.05) is 19.5 Å². The molecule has 2 aromatic rings. The molecule has 0 saturated heterocycles. The molecule has 5 nitrogen and oxygen atoms in total. The van der Waals surface area contributed by atoms with E-state index in [9.17, 15) is 13.2 Å². The first-order valence-corrected chi connectivity index (χ1v) is 11.9. The molecule has 0 bridgehead atoms. The molecule has 0 aromatic heterocycles. The summed E-state index contributed by atoms with van der Waals surface area (Å²) in [6.45, 7) is 3.36. The molecule has 1 N–H and O–H groups in total. The highest BCUT2D eigenvalue weighted by Crippen LogP contribution is 2.31. The molecular formula is C23H30N2O3S. The van der Waals surface area contributed by atoms with Crippen LogP contribution in [0.2, 0.25) is 0 Å². The van der Waals surface area contributed by atoms with Crippen molar-refractivity contribution in [2.75, 3.05) is 17.4 Å². The second-order valence-electron chi connectivity index (χ2n) is 7.51. The van der Waals surface area contributed by atoms with E-state index in [2.05, 4.69) is 12.2 Å². The highest BCUT2D eigenvalue weighted by atomic mass is 32.2. The average molecular weight is 415 g/mol. The Bertz CT molecular complexity index is 923. The Hall–Kier alpha value is -2.34. The van der Waals surface area contributed by atoms with Gasteiger partial charge in [-0.05, 0) is 55.0 Å². The highest BCUT2D eigenvalue weighted by Gasteiger charge is 2.28. The SMILES string of the molecule is CCCCCNC(=O)CCc1ccc(S(=O)(=O)N2CCCc3ccccc32)cc1. The van der Waals surface area contributed by atoms with Crippen molar-refractivity contribution in [1.82, 2.24) is 5.32 Å². The lowest BCUT2D eigenvalue weighted by Gasteiger charge is -2.30. The van der Waals surface area contributed by atoms with Crippen molar-refractivity contribution < 1.29 is 13.2 Å². The van der Waals surface area contributed by atoms with Crippen molar-refractivity contribution in [1.29, 1.82) is 0 Å². The third-order valence-electron chi connectivity index (χ3n) is 5.32. The van der Waals surface area contributed by atoms with Crippen molar-refractivity contribution in [2.45, 2.75) is 56.8 Å². The van der Waals surface area contributed by atoms with Gasteiger partial charge in [-0.3, -0.25) is 9.10 Å². The summed E-state index contributed by atoms with van der Waals surface area (Å²) in [7, 11) is -3.59. The predicted molar refractivity (Wildman–Crippen MR) is 117 cm³/mol. The van der Waals surface area contributed by atoms with Gasteiger partial charge >= 0.3 is 0 Å². The van der Waals surface area contributed by atoms with E-state index in [4.69, 9.17) is 0 Å². The Balaban J connectivity index is 1.62. The van der Waals surface area contributed by atoms with Gasteiger partial charge in [0.25, 0.3) is 10.0 Å². The molecule has 1 amide bonds. The fourth-order valence-electron chi connectivity index (χ4n) is 3.65. The molecule has 2 aromatic carbocycles. The molecule has 0 saturated carbocycles. The molecule has 1 aliphatic heterocycles. The minimum absolute atomic E-state index is 0.0442. The molecule has 1 heterocycles. The third kappa shape index (κ3) is 5.38. The lowest BCUT2D eigenvalue weighted by atomic mass is 10.0. The minimum atomic E-state index is -3.59. The van der Waals surface area contributed by atoms with Crippen molar-refractivity contribution >= 4 is 21.6 Å². The van der Waals surface area contributed by atoms with Gasteiger partial charge in [0.1, 0.15) is 0 Å². The topological polar surface area (TPSA) is 66.5 Å². The maximum absolute atomic E-state index is 13.2. The number of benzene rings is 2. The first-order valence-electron chi connectivity index (χ1n) is 10.5. The molecule has 0 radical (unpaired) electrons. The lowest BCUT2D eigenvalue weighted by molar-refractivity contribution is -0.121. The smallest absolute Gasteiger partial charge is 0.264 e. The van der Waals surface area contributed by atoms with E-state index in [1.807, 2.05) is 36.4 Å². The van der Waals surface area contributed by atoms with E-state index in [0.29, 0.717) is 24.3 Å². The molecule has 0 fully saturated rings. The quantitative estimate of drug-likeness (QED) is 0.629.